The van der Waals surface area contributed by atoms with Crippen molar-refractivity contribution in [1.29, 1.82) is 0 Å². The van der Waals surface area contributed by atoms with Crippen LogP contribution in [-0.4, -0.2) is 22.2 Å². The van der Waals surface area contributed by atoms with Gasteiger partial charge in [-0.05, 0) is 37.1 Å². The van der Waals surface area contributed by atoms with Crippen molar-refractivity contribution in [1.82, 2.24) is 5.32 Å². The van der Waals surface area contributed by atoms with Crippen LogP contribution in [0.2, 0.25) is 0 Å². The number of carbonyl (C=O) groups is 2. The Hall–Kier alpha value is -2.60. The molecule has 1 aliphatic rings. The summed E-state index contributed by atoms with van der Waals surface area (Å²) in [5.41, 5.74) is 3.68. The topological polar surface area (TPSA) is 70.6 Å². The van der Waals surface area contributed by atoms with E-state index in [0.717, 1.165) is 22.5 Å². The molecule has 1 aliphatic heterocycles. The van der Waals surface area contributed by atoms with Gasteiger partial charge in [0.05, 0.1) is 5.69 Å². The maximum atomic E-state index is 12.1. The molecule has 1 fully saturated rings. The van der Waals surface area contributed by atoms with Crippen LogP contribution in [0.5, 0.6) is 0 Å². The molecule has 2 N–H and O–H groups in total. The van der Waals surface area contributed by atoms with Crippen molar-refractivity contribution in [2.45, 2.75) is 25.5 Å². The average Bonchev–Trinajstić information content (AvgIpc) is 2.91. The fraction of sp³-hybridized carbons (Fsp3) is 0.211. The van der Waals surface area contributed by atoms with Crippen LogP contribution in [0.25, 0.3) is 0 Å². The van der Waals surface area contributed by atoms with Gasteiger partial charge in [-0.25, -0.2) is 4.99 Å². The summed E-state index contributed by atoms with van der Waals surface area (Å²) in [6, 6.07) is 15.2. The van der Waals surface area contributed by atoms with Gasteiger partial charge in [0.25, 0.3) is 0 Å². The van der Waals surface area contributed by atoms with Crippen molar-refractivity contribution in [3.05, 3.63) is 59.7 Å². The predicted molar refractivity (Wildman–Crippen MR) is 102 cm³/mol. The Balaban J connectivity index is 1.66. The summed E-state index contributed by atoms with van der Waals surface area (Å²) in [4.78, 5) is 28.8. The molecule has 0 radical (unpaired) electrons. The molecule has 1 saturated heterocycles. The molecular formula is C19H19N3O2S. The van der Waals surface area contributed by atoms with Crippen LogP contribution in [0.1, 0.15) is 17.5 Å². The molecule has 6 heteroatoms. The Morgan fingerprint density at radius 1 is 1.12 bits per heavy atom. The quantitative estimate of drug-likeness (QED) is 0.883. The highest BCUT2D eigenvalue weighted by molar-refractivity contribution is 8.15. The minimum atomic E-state index is -0.466. The number of hydrogen-bond acceptors (Lipinski definition) is 4. The molecule has 3 rings (SSSR count). The van der Waals surface area contributed by atoms with Crippen molar-refractivity contribution in [3.63, 3.8) is 0 Å². The Morgan fingerprint density at radius 2 is 1.80 bits per heavy atom. The monoisotopic (exact) mass is 353 g/mol. The Morgan fingerprint density at radius 3 is 2.48 bits per heavy atom. The summed E-state index contributed by atoms with van der Waals surface area (Å²) in [5.74, 6) is -0.370. The second kappa shape index (κ2) is 7.53. The van der Waals surface area contributed by atoms with Crippen LogP contribution in [0.4, 0.5) is 11.4 Å². The smallest absolute Gasteiger partial charge is 0.240 e. The first-order valence-electron chi connectivity index (χ1n) is 8.00. The Kier molecular flexibility index (Phi) is 5.19. The number of anilines is 1. The summed E-state index contributed by atoms with van der Waals surface area (Å²) in [6.07, 6.45) is 0.108. The zero-order valence-corrected chi connectivity index (χ0v) is 14.9. The fourth-order valence-electron chi connectivity index (χ4n) is 2.58. The van der Waals surface area contributed by atoms with E-state index in [-0.39, 0.29) is 18.2 Å². The third-order valence-corrected chi connectivity index (χ3v) is 4.94. The van der Waals surface area contributed by atoms with Crippen molar-refractivity contribution in [2.24, 2.45) is 4.99 Å². The molecule has 2 aromatic carbocycles. The van der Waals surface area contributed by atoms with Gasteiger partial charge >= 0.3 is 0 Å². The number of nitrogens with zero attached hydrogens (tertiary/aromatic N) is 1. The van der Waals surface area contributed by atoms with Crippen LogP contribution >= 0.6 is 11.8 Å². The summed E-state index contributed by atoms with van der Waals surface area (Å²) in [5, 5.41) is 5.65. The van der Waals surface area contributed by atoms with Gasteiger partial charge in [0.1, 0.15) is 5.25 Å². The summed E-state index contributed by atoms with van der Waals surface area (Å²) in [7, 11) is 0. The lowest BCUT2D eigenvalue weighted by Crippen LogP contribution is -2.28. The first-order chi connectivity index (χ1) is 12.0. The fourth-order valence-corrected chi connectivity index (χ4v) is 3.55. The van der Waals surface area contributed by atoms with Crippen LogP contribution in [0, 0.1) is 13.8 Å². The second-order valence-electron chi connectivity index (χ2n) is 5.87. The van der Waals surface area contributed by atoms with E-state index in [4.69, 9.17) is 0 Å². The Labute approximate surface area is 150 Å². The minimum Gasteiger partial charge on any atom is -0.326 e. The van der Waals surface area contributed by atoms with Crippen molar-refractivity contribution in [3.8, 4) is 0 Å². The van der Waals surface area contributed by atoms with Crippen molar-refractivity contribution < 1.29 is 9.59 Å². The lowest BCUT2D eigenvalue weighted by molar-refractivity contribution is -0.122. The normalized spacial score (nSPS) is 18.2. The molecule has 128 valence electrons. The number of para-hydroxylation sites is 2. The van der Waals surface area contributed by atoms with Gasteiger partial charge in [0, 0.05) is 12.1 Å². The van der Waals surface area contributed by atoms with Crippen LogP contribution < -0.4 is 10.6 Å². The average molecular weight is 353 g/mol. The number of thioether (sulfide) groups is 1. The number of carbonyl (C=O) groups excluding carboxylic acids is 2. The number of aliphatic imine (C=N–C) groups is 1. The Bertz CT molecular complexity index is 814. The highest BCUT2D eigenvalue weighted by atomic mass is 32.2. The molecule has 5 nitrogen and oxygen atoms in total. The van der Waals surface area contributed by atoms with Gasteiger partial charge in [-0.15, -0.1) is 0 Å². The van der Waals surface area contributed by atoms with Gasteiger partial charge in [-0.2, -0.15) is 0 Å². The summed E-state index contributed by atoms with van der Waals surface area (Å²) < 4.78 is 0. The molecule has 0 spiro atoms. The maximum Gasteiger partial charge on any atom is 0.240 e. The molecule has 1 heterocycles. The molecule has 0 unspecified atom stereocenters. The third-order valence-electron chi connectivity index (χ3n) is 3.86. The number of benzene rings is 2. The number of nitrogens with one attached hydrogen (secondary N) is 2. The molecule has 0 bridgehead atoms. The molecule has 25 heavy (non-hydrogen) atoms. The van der Waals surface area contributed by atoms with Gasteiger partial charge in [-0.3, -0.25) is 9.59 Å². The van der Waals surface area contributed by atoms with Crippen molar-refractivity contribution in [2.75, 3.05) is 5.32 Å². The second-order valence-corrected chi connectivity index (χ2v) is 7.06. The lowest BCUT2D eigenvalue weighted by atomic mass is 10.1. The zero-order valence-electron chi connectivity index (χ0n) is 14.1. The SMILES string of the molecule is Cc1cccc(C)c1N=C1NC(=O)[C@@H](CC(=O)Nc2ccccc2)S1. The van der Waals surface area contributed by atoms with Gasteiger partial charge in [0.15, 0.2) is 5.17 Å². The molecule has 0 saturated carbocycles. The highest BCUT2D eigenvalue weighted by Crippen LogP contribution is 2.29. The molecule has 2 aromatic rings. The number of amides is 2. The first kappa shape index (κ1) is 17.2. The van der Waals surface area contributed by atoms with E-state index in [1.165, 1.54) is 11.8 Å². The van der Waals surface area contributed by atoms with Gasteiger partial charge in [-0.1, -0.05) is 48.2 Å². The lowest BCUT2D eigenvalue weighted by Gasteiger charge is -2.07. The summed E-state index contributed by atoms with van der Waals surface area (Å²) >= 11 is 1.30. The van der Waals surface area contributed by atoms with Gasteiger partial charge < -0.3 is 10.6 Å². The van der Waals surface area contributed by atoms with Crippen LogP contribution in [-0.2, 0) is 9.59 Å². The van der Waals surface area contributed by atoms with E-state index in [1.807, 2.05) is 62.4 Å². The number of amidine groups is 1. The standard InChI is InChI=1S/C19H19N3O2S/c1-12-7-6-8-13(2)17(12)21-19-22-18(24)15(25-19)11-16(23)20-14-9-4-3-5-10-14/h3-10,15H,11H2,1-2H3,(H,20,23)(H,21,22,24)/t15-/m1/s1. The van der Waals surface area contributed by atoms with E-state index in [0.29, 0.717) is 5.17 Å². The van der Waals surface area contributed by atoms with E-state index < -0.39 is 5.25 Å². The van der Waals surface area contributed by atoms with E-state index >= 15 is 0 Å². The third kappa shape index (κ3) is 4.28. The maximum absolute atomic E-state index is 12.1. The molecule has 0 aromatic heterocycles. The van der Waals surface area contributed by atoms with E-state index in [9.17, 15) is 9.59 Å². The first-order valence-corrected chi connectivity index (χ1v) is 8.88. The highest BCUT2D eigenvalue weighted by Gasteiger charge is 2.32. The zero-order chi connectivity index (χ0) is 17.8. The van der Waals surface area contributed by atoms with E-state index in [1.54, 1.807) is 0 Å². The largest absolute Gasteiger partial charge is 0.326 e. The predicted octanol–water partition coefficient (Wildman–Crippen LogP) is 3.55. The van der Waals surface area contributed by atoms with Crippen molar-refractivity contribution >= 4 is 40.1 Å². The van der Waals surface area contributed by atoms with Gasteiger partial charge in [0.2, 0.25) is 11.8 Å². The number of aryl methyl sites for hydroxylation is 2. The van der Waals surface area contributed by atoms with E-state index in [2.05, 4.69) is 15.6 Å². The van der Waals surface area contributed by atoms with Crippen LogP contribution in [0.15, 0.2) is 53.5 Å². The molecular weight excluding hydrogens is 334 g/mol. The number of hydrogen-bond donors (Lipinski definition) is 2. The van der Waals surface area contributed by atoms with Crippen LogP contribution in [0.3, 0.4) is 0 Å². The molecule has 0 aliphatic carbocycles. The molecule has 1 atom stereocenters. The molecule has 2 amide bonds. The summed E-state index contributed by atoms with van der Waals surface area (Å²) in [6.45, 7) is 3.97. The number of rotatable bonds is 4. The minimum absolute atomic E-state index is 0.108.